The number of hydrogen-bond donors (Lipinski definition) is 3. The van der Waals surface area contributed by atoms with Gasteiger partial charge < -0.3 is 20.5 Å². The number of benzene rings is 1. The number of aliphatic hydroxyl groups excluding tert-OH is 1. The van der Waals surface area contributed by atoms with E-state index in [1.165, 1.54) is 12.1 Å². The second kappa shape index (κ2) is 9.93. The summed E-state index contributed by atoms with van der Waals surface area (Å²) in [7, 11) is 0. The Morgan fingerprint density at radius 2 is 1.73 bits per heavy atom. The van der Waals surface area contributed by atoms with E-state index in [-0.39, 0.29) is 24.3 Å². The summed E-state index contributed by atoms with van der Waals surface area (Å²) in [4.78, 5) is 13.1. The van der Waals surface area contributed by atoms with Crippen LogP contribution in [0.4, 0.5) is 26.2 Å². The highest BCUT2D eigenvalue weighted by molar-refractivity contribution is 5.67. The van der Waals surface area contributed by atoms with Gasteiger partial charge in [0.15, 0.2) is 0 Å². The molecule has 3 rings (SSSR count). The van der Waals surface area contributed by atoms with Crippen LogP contribution in [0.2, 0.25) is 0 Å². The van der Waals surface area contributed by atoms with E-state index < -0.39 is 6.61 Å². The first kappa shape index (κ1) is 21.4. The molecule has 0 saturated carbocycles. The summed E-state index contributed by atoms with van der Waals surface area (Å²) in [5.41, 5.74) is 2.16. The number of pyridine rings is 1. The Morgan fingerprint density at radius 1 is 1.03 bits per heavy atom. The molecule has 0 spiro atoms. The fourth-order valence-electron chi connectivity index (χ4n) is 2.70. The van der Waals surface area contributed by atoms with Gasteiger partial charge in [-0.2, -0.15) is 13.8 Å². The number of nitrogens with zero attached hydrogens (tertiary/aromatic N) is 3. The second-order valence-corrected chi connectivity index (χ2v) is 6.90. The van der Waals surface area contributed by atoms with Crippen LogP contribution in [0, 0.1) is 5.92 Å². The average Bonchev–Trinajstić information content (AvgIpc) is 2.73. The van der Waals surface area contributed by atoms with E-state index in [1.807, 2.05) is 26.0 Å². The summed E-state index contributed by atoms with van der Waals surface area (Å²) in [6, 6.07) is 11.3. The van der Waals surface area contributed by atoms with Crippen LogP contribution >= 0.6 is 0 Å². The maximum Gasteiger partial charge on any atom is 0.387 e. The third-order valence-corrected chi connectivity index (χ3v) is 4.37. The van der Waals surface area contributed by atoms with Crippen LogP contribution in [0.3, 0.4) is 0 Å². The molecule has 2 heterocycles. The van der Waals surface area contributed by atoms with E-state index in [1.54, 1.807) is 30.6 Å². The molecule has 3 aromatic rings. The van der Waals surface area contributed by atoms with Crippen molar-refractivity contribution in [3.63, 3.8) is 0 Å². The molecule has 1 atom stereocenters. The van der Waals surface area contributed by atoms with Crippen LogP contribution in [0.1, 0.15) is 13.8 Å². The Morgan fingerprint density at radius 3 is 2.33 bits per heavy atom. The van der Waals surface area contributed by atoms with Gasteiger partial charge in [0, 0.05) is 29.7 Å². The Bertz CT molecular complexity index is 940. The highest BCUT2D eigenvalue weighted by atomic mass is 19.3. The Labute approximate surface area is 173 Å². The number of aromatic nitrogens is 3. The van der Waals surface area contributed by atoms with Crippen LogP contribution in [0.15, 0.2) is 54.9 Å². The summed E-state index contributed by atoms with van der Waals surface area (Å²) in [5, 5.41) is 15.9. The molecule has 30 heavy (non-hydrogen) atoms. The maximum absolute atomic E-state index is 12.3. The molecule has 0 bridgehead atoms. The summed E-state index contributed by atoms with van der Waals surface area (Å²) < 4.78 is 29.0. The van der Waals surface area contributed by atoms with Gasteiger partial charge in [0.25, 0.3) is 0 Å². The molecule has 0 unspecified atom stereocenters. The van der Waals surface area contributed by atoms with Gasteiger partial charge in [0.1, 0.15) is 11.6 Å². The number of rotatable bonds is 9. The summed E-state index contributed by atoms with van der Waals surface area (Å²) in [6.07, 6.45) is 3.34. The number of hydrogen-bond acceptors (Lipinski definition) is 7. The molecule has 9 heteroatoms. The standard InChI is InChI=1S/C21H23F2N5O2/c1-13(2)18(12-29)27-21-26-17(14-7-9-24-10-8-14)11-19(28-21)25-15-3-5-16(6-4-15)30-20(22)23/h3-11,13,18,20,29H,12H2,1-2H3,(H2,25,26,27,28)/t18-/m1/s1. The summed E-state index contributed by atoms with van der Waals surface area (Å²) in [6.45, 7) is 1.04. The van der Waals surface area contributed by atoms with Crippen LogP contribution in [0.25, 0.3) is 11.3 Å². The van der Waals surface area contributed by atoms with Crippen molar-refractivity contribution in [2.24, 2.45) is 5.92 Å². The van der Waals surface area contributed by atoms with Crippen molar-refractivity contribution >= 4 is 17.5 Å². The van der Waals surface area contributed by atoms with E-state index in [4.69, 9.17) is 0 Å². The first-order chi connectivity index (χ1) is 14.4. The summed E-state index contributed by atoms with van der Waals surface area (Å²) in [5.74, 6) is 1.10. The van der Waals surface area contributed by atoms with Gasteiger partial charge in [-0.05, 0) is 42.3 Å². The average molecular weight is 415 g/mol. The lowest BCUT2D eigenvalue weighted by Gasteiger charge is -2.20. The molecule has 0 saturated heterocycles. The Kier molecular flexibility index (Phi) is 7.08. The number of nitrogens with one attached hydrogen (secondary N) is 2. The van der Waals surface area contributed by atoms with Gasteiger partial charge in [-0.25, -0.2) is 4.98 Å². The van der Waals surface area contributed by atoms with Crippen molar-refractivity contribution in [1.82, 2.24) is 15.0 Å². The molecular formula is C21H23F2N5O2. The lowest BCUT2D eigenvalue weighted by atomic mass is 10.1. The smallest absolute Gasteiger partial charge is 0.387 e. The molecule has 3 N–H and O–H groups in total. The number of halogens is 2. The first-order valence-corrected chi connectivity index (χ1v) is 9.43. The van der Waals surface area contributed by atoms with Crippen LogP contribution in [-0.4, -0.2) is 39.3 Å². The fourth-order valence-corrected chi connectivity index (χ4v) is 2.70. The quantitative estimate of drug-likeness (QED) is 0.479. The molecule has 0 aliphatic rings. The predicted molar refractivity (Wildman–Crippen MR) is 111 cm³/mol. The predicted octanol–water partition coefficient (Wildman–Crippen LogP) is 4.31. The van der Waals surface area contributed by atoms with E-state index >= 15 is 0 Å². The highest BCUT2D eigenvalue weighted by Crippen LogP contribution is 2.25. The first-order valence-electron chi connectivity index (χ1n) is 9.43. The fraction of sp³-hybridized carbons (Fsp3) is 0.286. The zero-order valence-corrected chi connectivity index (χ0v) is 16.6. The third kappa shape index (κ3) is 5.84. The molecule has 7 nitrogen and oxygen atoms in total. The topological polar surface area (TPSA) is 92.2 Å². The largest absolute Gasteiger partial charge is 0.435 e. The third-order valence-electron chi connectivity index (χ3n) is 4.37. The molecule has 0 radical (unpaired) electrons. The molecule has 0 aliphatic carbocycles. The maximum atomic E-state index is 12.3. The molecule has 0 amide bonds. The van der Waals surface area contributed by atoms with Crippen LogP contribution in [0.5, 0.6) is 5.75 Å². The van der Waals surface area contributed by atoms with Crippen molar-refractivity contribution in [2.75, 3.05) is 17.2 Å². The molecule has 1 aromatic carbocycles. The molecular weight excluding hydrogens is 392 g/mol. The van der Waals surface area contributed by atoms with Crippen molar-refractivity contribution in [1.29, 1.82) is 0 Å². The monoisotopic (exact) mass is 415 g/mol. The van der Waals surface area contributed by atoms with E-state index in [2.05, 4.69) is 30.3 Å². The zero-order chi connectivity index (χ0) is 21.5. The number of anilines is 3. The van der Waals surface area contributed by atoms with Crippen molar-refractivity contribution in [3.05, 3.63) is 54.9 Å². The minimum atomic E-state index is -2.87. The van der Waals surface area contributed by atoms with Crippen molar-refractivity contribution in [2.45, 2.75) is 26.5 Å². The van der Waals surface area contributed by atoms with Crippen LogP contribution < -0.4 is 15.4 Å². The minimum Gasteiger partial charge on any atom is -0.435 e. The number of alkyl halides is 2. The second-order valence-electron chi connectivity index (χ2n) is 6.90. The van der Waals surface area contributed by atoms with Gasteiger partial charge in [0.2, 0.25) is 5.95 Å². The molecule has 158 valence electrons. The number of ether oxygens (including phenoxy) is 1. The van der Waals surface area contributed by atoms with E-state index in [0.717, 1.165) is 5.56 Å². The molecule has 2 aromatic heterocycles. The van der Waals surface area contributed by atoms with Gasteiger partial charge >= 0.3 is 6.61 Å². The lowest BCUT2D eigenvalue weighted by Crippen LogP contribution is -2.30. The van der Waals surface area contributed by atoms with Crippen molar-refractivity contribution < 1.29 is 18.6 Å². The van der Waals surface area contributed by atoms with E-state index in [0.29, 0.717) is 23.1 Å². The van der Waals surface area contributed by atoms with Gasteiger partial charge in [-0.1, -0.05) is 13.8 Å². The van der Waals surface area contributed by atoms with Gasteiger partial charge in [-0.15, -0.1) is 0 Å². The lowest BCUT2D eigenvalue weighted by molar-refractivity contribution is -0.0498. The minimum absolute atomic E-state index is 0.0606. The Balaban J connectivity index is 1.89. The number of aliphatic hydroxyl groups is 1. The molecule has 0 fully saturated rings. The zero-order valence-electron chi connectivity index (χ0n) is 16.6. The normalized spacial score (nSPS) is 12.1. The highest BCUT2D eigenvalue weighted by Gasteiger charge is 2.15. The summed E-state index contributed by atoms with van der Waals surface area (Å²) >= 11 is 0. The van der Waals surface area contributed by atoms with E-state index in [9.17, 15) is 13.9 Å². The van der Waals surface area contributed by atoms with Gasteiger partial charge in [0.05, 0.1) is 18.3 Å². The SMILES string of the molecule is CC(C)[C@@H](CO)Nc1nc(Nc2ccc(OC(F)F)cc2)cc(-c2ccncc2)n1. The Hall–Kier alpha value is -3.33. The van der Waals surface area contributed by atoms with Crippen molar-refractivity contribution in [3.8, 4) is 17.0 Å². The molecule has 0 aliphatic heterocycles. The van der Waals surface area contributed by atoms with Gasteiger partial charge in [-0.3, -0.25) is 4.98 Å². The van der Waals surface area contributed by atoms with Crippen LogP contribution in [-0.2, 0) is 0 Å².